The van der Waals surface area contributed by atoms with Gasteiger partial charge in [-0.25, -0.2) is 0 Å². The highest BCUT2D eigenvalue weighted by Crippen LogP contribution is 2.25. The van der Waals surface area contributed by atoms with Crippen LogP contribution in [0.1, 0.15) is 10.4 Å². The number of hydrogen-bond donors (Lipinski definition) is 3. The van der Waals surface area contributed by atoms with Crippen LogP contribution in [0.3, 0.4) is 0 Å². The molecule has 17 heavy (non-hydrogen) atoms. The highest BCUT2D eigenvalue weighted by molar-refractivity contribution is 9.10. The Bertz CT molecular complexity index is 566. The Labute approximate surface area is 105 Å². The number of carbonyl (C=O) groups is 1. The molecule has 1 amide bonds. The number of nitrogens with two attached hydrogens (primary N) is 1. The van der Waals surface area contributed by atoms with Gasteiger partial charge >= 0.3 is 0 Å². The van der Waals surface area contributed by atoms with Crippen LogP contribution in [0.4, 0.5) is 11.4 Å². The maximum absolute atomic E-state index is 11.8. The van der Waals surface area contributed by atoms with Crippen molar-refractivity contribution in [1.29, 1.82) is 0 Å². The summed E-state index contributed by atoms with van der Waals surface area (Å²) in [5.41, 5.74) is 6.75. The summed E-state index contributed by atoms with van der Waals surface area (Å²) in [7, 11) is 0. The zero-order valence-electron chi connectivity index (χ0n) is 8.61. The molecular formula is C11H9BrN2O3. The van der Waals surface area contributed by atoms with E-state index in [1.807, 2.05) is 0 Å². The van der Waals surface area contributed by atoms with Gasteiger partial charge < -0.3 is 20.6 Å². The number of furan rings is 1. The fourth-order valence-electron chi connectivity index (χ4n) is 1.31. The fourth-order valence-corrected chi connectivity index (χ4v) is 1.73. The number of benzene rings is 1. The van der Waals surface area contributed by atoms with Gasteiger partial charge in [0.05, 0.1) is 23.2 Å². The van der Waals surface area contributed by atoms with E-state index in [0.717, 1.165) is 0 Å². The average molecular weight is 297 g/mol. The summed E-state index contributed by atoms with van der Waals surface area (Å²) >= 11 is 3.11. The van der Waals surface area contributed by atoms with Gasteiger partial charge in [0.15, 0.2) is 4.67 Å². The molecule has 2 aromatic rings. The van der Waals surface area contributed by atoms with Gasteiger partial charge in [-0.05, 0) is 34.1 Å². The minimum Gasteiger partial charge on any atom is -0.508 e. The third-order valence-corrected chi connectivity index (χ3v) is 2.76. The van der Waals surface area contributed by atoms with Crippen molar-refractivity contribution in [3.63, 3.8) is 0 Å². The topological polar surface area (TPSA) is 88.5 Å². The van der Waals surface area contributed by atoms with E-state index in [9.17, 15) is 9.90 Å². The third-order valence-electron chi connectivity index (χ3n) is 2.15. The summed E-state index contributed by atoms with van der Waals surface area (Å²) in [6.07, 6.45) is 1.40. The summed E-state index contributed by atoms with van der Waals surface area (Å²) in [4.78, 5) is 11.8. The van der Waals surface area contributed by atoms with Gasteiger partial charge in [0.1, 0.15) is 5.75 Å². The second-order valence-electron chi connectivity index (χ2n) is 3.33. The Balaban J connectivity index is 2.22. The number of carbonyl (C=O) groups excluding carboxylic acids is 1. The van der Waals surface area contributed by atoms with E-state index >= 15 is 0 Å². The van der Waals surface area contributed by atoms with Crippen molar-refractivity contribution >= 4 is 33.2 Å². The van der Waals surface area contributed by atoms with Gasteiger partial charge in [0, 0.05) is 6.07 Å². The lowest BCUT2D eigenvalue weighted by Crippen LogP contribution is -2.12. The molecule has 0 saturated carbocycles. The Morgan fingerprint density at radius 3 is 2.76 bits per heavy atom. The Kier molecular flexibility index (Phi) is 3.06. The van der Waals surface area contributed by atoms with Crippen LogP contribution in [0.2, 0.25) is 0 Å². The molecule has 1 aromatic heterocycles. The minimum atomic E-state index is -0.344. The van der Waals surface area contributed by atoms with E-state index in [1.165, 1.54) is 30.5 Å². The van der Waals surface area contributed by atoms with Gasteiger partial charge in [-0.2, -0.15) is 0 Å². The average Bonchev–Trinajstić information content (AvgIpc) is 2.68. The molecule has 0 spiro atoms. The SMILES string of the molecule is Nc1cc(O)ccc1NC(=O)c1ccoc1Br. The molecule has 6 heteroatoms. The Morgan fingerprint density at radius 1 is 1.41 bits per heavy atom. The van der Waals surface area contributed by atoms with Crippen LogP contribution >= 0.6 is 15.9 Å². The van der Waals surface area contributed by atoms with E-state index in [-0.39, 0.29) is 17.3 Å². The molecule has 0 saturated heterocycles. The van der Waals surface area contributed by atoms with Crippen LogP contribution < -0.4 is 11.1 Å². The van der Waals surface area contributed by atoms with Gasteiger partial charge in [-0.1, -0.05) is 0 Å². The number of anilines is 2. The highest BCUT2D eigenvalue weighted by Gasteiger charge is 2.13. The van der Waals surface area contributed by atoms with Gasteiger partial charge in [0.2, 0.25) is 0 Å². The number of nitrogens with one attached hydrogen (secondary N) is 1. The van der Waals surface area contributed by atoms with Crippen LogP contribution in [0.5, 0.6) is 5.75 Å². The molecule has 0 bridgehead atoms. The normalized spacial score (nSPS) is 10.2. The van der Waals surface area contributed by atoms with Gasteiger partial charge in [-0.3, -0.25) is 4.79 Å². The fraction of sp³-hybridized carbons (Fsp3) is 0. The van der Waals surface area contributed by atoms with Crippen molar-refractivity contribution in [2.75, 3.05) is 11.1 Å². The molecule has 1 aromatic carbocycles. The second-order valence-corrected chi connectivity index (χ2v) is 4.05. The molecule has 1 heterocycles. The first-order valence-electron chi connectivity index (χ1n) is 4.71. The number of nitrogen functional groups attached to an aromatic ring is 1. The predicted octanol–water partition coefficient (Wildman–Crippen LogP) is 2.58. The molecule has 88 valence electrons. The molecule has 0 fully saturated rings. The number of amides is 1. The van der Waals surface area contributed by atoms with E-state index < -0.39 is 0 Å². The first kappa shape index (κ1) is 11.5. The summed E-state index contributed by atoms with van der Waals surface area (Å²) < 4.78 is 5.31. The summed E-state index contributed by atoms with van der Waals surface area (Å²) in [5.74, 6) is -0.298. The summed E-state index contributed by atoms with van der Waals surface area (Å²) in [6.45, 7) is 0. The standard InChI is InChI=1S/C11H9BrN2O3/c12-10-7(3-4-17-10)11(16)14-9-2-1-6(15)5-8(9)13/h1-5,15H,13H2,(H,14,16). The molecule has 0 aliphatic carbocycles. The largest absolute Gasteiger partial charge is 0.508 e. The number of rotatable bonds is 2. The maximum Gasteiger partial charge on any atom is 0.260 e. The first-order chi connectivity index (χ1) is 8.08. The predicted molar refractivity (Wildman–Crippen MR) is 66.9 cm³/mol. The monoisotopic (exact) mass is 296 g/mol. The van der Waals surface area contributed by atoms with Crippen LogP contribution in [0, 0.1) is 0 Å². The Morgan fingerprint density at radius 2 is 2.18 bits per heavy atom. The summed E-state index contributed by atoms with van der Waals surface area (Å²) in [6, 6.07) is 5.86. The minimum absolute atomic E-state index is 0.0463. The number of phenolic OH excluding ortho intramolecular Hbond substituents is 1. The van der Waals surface area contributed by atoms with Crippen molar-refractivity contribution in [3.8, 4) is 5.75 Å². The highest BCUT2D eigenvalue weighted by atomic mass is 79.9. The molecule has 4 N–H and O–H groups in total. The molecule has 0 aliphatic rings. The zero-order chi connectivity index (χ0) is 12.4. The number of hydrogen-bond acceptors (Lipinski definition) is 4. The van der Waals surface area contributed by atoms with Crippen molar-refractivity contribution in [2.45, 2.75) is 0 Å². The van der Waals surface area contributed by atoms with Crippen LogP contribution in [-0.2, 0) is 0 Å². The van der Waals surface area contributed by atoms with Crippen molar-refractivity contribution in [2.24, 2.45) is 0 Å². The maximum atomic E-state index is 11.8. The molecule has 0 radical (unpaired) electrons. The molecule has 0 atom stereocenters. The van der Waals surface area contributed by atoms with Crippen molar-refractivity contribution < 1.29 is 14.3 Å². The van der Waals surface area contributed by atoms with E-state index in [4.69, 9.17) is 10.2 Å². The first-order valence-corrected chi connectivity index (χ1v) is 5.50. The molecule has 5 nitrogen and oxygen atoms in total. The quantitative estimate of drug-likeness (QED) is 0.587. The van der Waals surface area contributed by atoms with Crippen molar-refractivity contribution in [3.05, 3.63) is 40.8 Å². The number of halogens is 1. The van der Waals surface area contributed by atoms with E-state index in [2.05, 4.69) is 21.2 Å². The lowest BCUT2D eigenvalue weighted by Gasteiger charge is -2.07. The molecule has 0 aliphatic heterocycles. The number of phenols is 1. The third kappa shape index (κ3) is 2.42. The second kappa shape index (κ2) is 4.50. The van der Waals surface area contributed by atoms with Crippen LogP contribution in [0.25, 0.3) is 0 Å². The smallest absolute Gasteiger partial charge is 0.260 e. The lowest BCUT2D eigenvalue weighted by molar-refractivity contribution is 0.102. The van der Waals surface area contributed by atoms with Crippen LogP contribution in [-0.4, -0.2) is 11.0 Å². The summed E-state index contributed by atoms with van der Waals surface area (Å²) in [5, 5.41) is 11.8. The molecule has 2 rings (SSSR count). The van der Waals surface area contributed by atoms with Gasteiger partial charge in [0.25, 0.3) is 5.91 Å². The molecule has 0 unspecified atom stereocenters. The van der Waals surface area contributed by atoms with Crippen LogP contribution in [0.15, 0.2) is 39.6 Å². The molecular weight excluding hydrogens is 288 g/mol. The zero-order valence-corrected chi connectivity index (χ0v) is 10.2. The number of aromatic hydroxyl groups is 1. The van der Waals surface area contributed by atoms with E-state index in [0.29, 0.717) is 15.9 Å². The lowest BCUT2D eigenvalue weighted by atomic mass is 10.2. The van der Waals surface area contributed by atoms with Crippen molar-refractivity contribution in [1.82, 2.24) is 0 Å². The van der Waals surface area contributed by atoms with E-state index in [1.54, 1.807) is 0 Å². The Hall–Kier alpha value is -1.95. The van der Waals surface area contributed by atoms with Gasteiger partial charge in [-0.15, -0.1) is 0 Å².